The van der Waals surface area contributed by atoms with Gasteiger partial charge in [0.1, 0.15) is 5.54 Å². The molecule has 1 amide bonds. The van der Waals surface area contributed by atoms with Crippen LogP contribution in [-0.4, -0.2) is 30.9 Å². The summed E-state index contributed by atoms with van der Waals surface area (Å²) in [5.74, 6) is 0.671. The Bertz CT molecular complexity index is 452. The quantitative estimate of drug-likeness (QED) is 0.886. The van der Waals surface area contributed by atoms with Crippen LogP contribution in [0, 0.1) is 0 Å². The van der Waals surface area contributed by atoms with Crippen molar-refractivity contribution in [2.24, 2.45) is 0 Å². The van der Waals surface area contributed by atoms with E-state index in [2.05, 4.69) is 43.4 Å². The highest BCUT2D eigenvalue weighted by atomic mass is 16.2. The second-order valence-electron chi connectivity index (χ2n) is 5.91. The number of hydrogen-bond donors (Lipinski definition) is 1. The maximum Gasteiger partial charge on any atom is 0.246 e. The molecule has 1 saturated heterocycles. The predicted octanol–water partition coefficient (Wildman–Crippen LogP) is 2.48. The van der Waals surface area contributed by atoms with E-state index >= 15 is 0 Å². The Morgan fingerprint density at radius 1 is 1.26 bits per heavy atom. The molecule has 1 aromatic rings. The second-order valence-corrected chi connectivity index (χ2v) is 5.91. The van der Waals surface area contributed by atoms with Crippen molar-refractivity contribution in [2.45, 2.75) is 38.6 Å². The molecule has 3 heteroatoms. The molecule has 0 spiro atoms. The van der Waals surface area contributed by atoms with E-state index in [1.165, 1.54) is 5.56 Å². The van der Waals surface area contributed by atoms with E-state index in [4.69, 9.17) is 0 Å². The summed E-state index contributed by atoms with van der Waals surface area (Å²) >= 11 is 0. The van der Waals surface area contributed by atoms with Crippen molar-refractivity contribution in [1.29, 1.82) is 0 Å². The number of carbonyl (C=O) groups excluding carboxylic acids is 1. The third-order valence-electron chi connectivity index (χ3n) is 4.08. The second kappa shape index (κ2) is 5.33. The number of rotatable bonds is 2. The molecule has 0 radical (unpaired) electrons. The van der Waals surface area contributed by atoms with Crippen LogP contribution in [0.15, 0.2) is 24.3 Å². The summed E-state index contributed by atoms with van der Waals surface area (Å²) in [7, 11) is 1.88. The fourth-order valence-corrected chi connectivity index (χ4v) is 2.64. The minimum Gasteiger partial charge on any atom is -0.344 e. The first-order valence-corrected chi connectivity index (χ1v) is 7.06. The van der Waals surface area contributed by atoms with E-state index < -0.39 is 5.54 Å². The number of amides is 1. The van der Waals surface area contributed by atoms with Crippen LogP contribution in [0.2, 0.25) is 0 Å². The zero-order valence-electron chi connectivity index (χ0n) is 12.4. The third-order valence-corrected chi connectivity index (χ3v) is 4.08. The average molecular weight is 260 g/mol. The zero-order chi connectivity index (χ0) is 14.0. The van der Waals surface area contributed by atoms with Crippen LogP contribution in [0.5, 0.6) is 0 Å². The molecule has 1 N–H and O–H groups in total. The lowest BCUT2D eigenvalue weighted by molar-refractivity contribution is -0.135. The summed E-state index contributed by atoms with van der Waals surface area (Å²) in [5.41, 5.74) is 1.76. The van der Waals surface area contributed by atoms with Crippen LogP contribution in [0.25, 0.3) is 0 Å². The summed E-state index contributed by atoms with van der Waals surface area (Å²) in [6, 6.07) is 8.43. The van der Waals surface area contributed by atoms with Gasteiger partial charge in [-0.3, -0.25) is 10.1 Å². The fraction of sp³-hybridized carbons (Fsp3) is 0.562. The van der Waals surface area contributed by atoms with Crippen molar-refractivity contribution in [3.63, 3.8) is 0 Å². The molecule has 1 aliphatic heterocycles. The molecule has 1 atom stereocenters. The van der Waals surface area contributed by atoms with Crippen molar-refractivity contribution in [1.82, 2.24) is 10.2 Å². The summed E-state index contributed by atoms with van der Waals surface area (Å²) in [6.07, 6.45) is 1.00. The molecule has 0 aromatic heterocycles. The Balaban J connectivity index is 2.34. The largest absolute Gasteiger partial charge is 0.344 e. The molecule has 1 aromatic carbocycles. The normalized spacial score (nSPS) is 24.7. The molecule has 1 fully saturated rings. The average Bonchev–Trinajstić information content (AvgIpc) is 2.53. The summed E-state index contributed by atoms with van der Waals surface area (Å²) in [5, 5.41) is 3.41. The smallest absolute Gasteiger partial charge is 0.246 e. The van der Waals surface area contributed by atoms with Crippen molar-refractivity contribution in [2.75, 3.05) is 20.1 Å². The van der Waals surface area contributed by atoms with E-state index in [-0.39, 0.29) is 5.91 Å². The molecular formula is C16H24N2O. The highest BCUT2D eigenvalue weighted by molar-refractivity contribution is 5.87. The van der Waals surface area contributed by atoms with E-state index in [1.807, 2.05) is 18.9 Å². The molecule has 19 heavy (non-hydrogen) atoms. The molecule has 1 heterocycles. The van der Waals surface area contributed by atoms with Gasteiger partial charge >= 0.3 is 0 Å². The van der Waals surface area contributed by atoms with Crippen molar-refractivity contribution in [3.8, 4) is 0 Å². The Kier molecular flexibility index (Phi) is 3.95. The molecule has 0 bridgehead atoms. The van der Waals surface area contributed by atoms with E-state index in [1.54, 1.807) is 0 Å². The van der Waals surface area contributed by atoms with Crippen molar-refractivity contribution in [3.05, 3.63) is 35.4 Å². The maximum atomic E-state index is 12.5. The van der Waals surface area contributed by atoms with E-state index in [9.17, 15) is 4.79 Å². The summed E-state index contributed by atoms with van der Waals surface area (Å²) < 4.78 is 0. The lowest BCUT2D eigenvalue weighted by atomic mass is 9.89. The summed E-state index contributed by atoms with van der Waals surface area (Å²) in [6.45, 7) is 8.05. The van der Waals surface area contributed by atoms with Gasteiger partial charge in [-0.15, -0.1) is 0 Å². The van der Waals surface area contributed by atoms with Gasteiger partial charge in [0.2, 0.25) is 5.91 Å². The Labute approximate surface area is 116 Å². The zero-order valence-corrected chi connectivity index (χ0v) is 12.4. The highest BCUT2D eigenvalue weighted by Gasteiger charge is 2.38. The van der Waals surface area contributed by atoms with Crippen LogP contribution < -0.4 is 5.32 Å². The summed E-state index contributed by atoms with van der Waals surface area (Å²) in [4.78, 5) is 14.4. The number of benzene rings is 1. The van der Waals surface area contributed by atoms with E-state index in [0.717, 1.165) is 25.1 Å². The molecule has 3 nitrogen and oxygen atoms in total. The maximum absolute atomic E-state index is 12.5. The van der Waals surface area contributed by atoms with Crippen molar-refractivity contribution < 1.29 is 4.79 Å². The minimum atomic E-state index is -0.596. The minimum absolute atomic E-state index is 0.155. The Morgan fingerprint density at radius 2 is 1.89 bits per heavy atom. The molecular weight excluding hydrogens is 236 g/mol. The van der Waals surface area contributed by atoms with Gasteiger partial charge < -0.3 is 4.90 Å². The predicted molar refractivity (Wildman–Crippen MR) is 78.1 cm³/mol. The SMILES string of the molecule is CC(C)c1ccc(C2(C)NCCCN(C)C2=O)cc1. The molecule has 1 aliphatic rings. The number of nitrogens with zero attached hydrogens (tertiary/aromatic N) is 1. The van der Waals surface area contributed by atoms with Gasteiger partial charge in [-0.25, -0.2) is 0 Å². The molecule has 0 saturated carbocycles. The fourth-order valence-electron chi connectivity index (χ4n) is 2.64. The lowest BCUT2D eigenvalue weighted by Crippen LogP contribution is -2.50. The molecule has 0 aliphatic carbocycles. The van der Waals surface area contributed by atoms with Crippen LogP contribution in [-0.2, 0) is 10.3 Å². The van der Waals surface area contributed by atoms with E-state index in [0.29, 0.717) is 5.92 Å². The topological polar surface area (TPSA) is 32.3 Å². The number of carbonyl (C=O) groups is 1. The lowest BCUT2D eigenvalue weighted by Gasteiger charge is -2.31. The van der Waals surface area contributed by atoms with Gasteiger partial charge in [0.25, 0.3) is 0 Å². The van der Waals surface area contributed by atoms with Gasteiger partial charge in [0, 0.05) is 13.6 Å². The number of likely N-dealkylation sites (N-methyl/N-ethyl adjacent to an activating group) is 1. The van der Waals surface area contributed by atoms with Crippen LogP contribution >= 0.6 is 0 Å². The van der Waals surface area contributed by atoms with Gasteiger partial charge in [0.05, 0.1) is 0 Å². The third kappa shape index (κ3) is 2.66. The number of hydrogen-bond acceptors (Lipinski definition) is 2. The van der Waals surface area contributed by atoms with Crippen LogP contribution in [0.4, 0.5) is 0 Å². The molecule has 2 rings (SSSR count). The van der Waals surface area contributed by atoms with Crippen LogP contribution in [0.3, 0.4) is 0 Å². The van der Waals surface area contributed by atoms with Gasteiger partial charge in [-0.1, -0.05) is 38.1 Å². The monoisotopic (exact) mass is 260 g/mol. The van der Waals surface area contributed by atoms with Crippen LogP contribution in [0.1, 0.15) is 44.2 Å². The Hall–Kier alpha value is -1.35. The first-order valence-electron chi connectivity index (χ1n) is 7.06. The van der Waals surface area contributed by atoms with Gasteiger partial charge in [0.15, 0.2) is 0 Å². The highest BCUT2D eigenvalue weighted by Crippen LogP contribution is 2.26. The molecule has 1 unspecified atom stereocenters. The first-order chi connectivity index (χ1) is 8.95. The number of nitrogens with one attached hydrogen (secondary N) is 1. The molecule has 104 valence electrons. The van der Waals surface area contributed by atoms with Gasteiger partial charge in [-0.05, 0) is 36.9 Å². The first kappa shape index (κ1) is 14.1. The van der Waals surface area contributed by atoms with Gasteiger partial charge in [-0.2, -0.15) is 0 Å². The van der Waals surface area contributed by atoms with Crippen molar-refractivity contribution >= 4 is 5.91 Å². The Morgan fingerprint density at radius 3 is 2.47 bits per heavy atom. The standard InChI is InChI=1S/C16H24N2O/c1-12(2)13-6-8-14(9-7-13)16(3)15(19)18(4)11-5-10-17-16/h6-9,12,17H,5,10-11H2,1-4H3.